The Labute approximate surface area is 191 Å². The monoisotopic (exact) mass is 494 g/mol. The smallest absolute Gasteiger partial charge is 0.406 e. The van der Waals surface area contributed by atoms with Crippen LogP contribution in [0.4, 0.5) is 19.0 Å². The summed E-state index contributed by atoms with van der Waals surface area (Å²) in [5, 5.41) is 21.8. The summed E-state index contributed by atoms with van der Waals surface area (Å²) in [7, 11) is 0. The minimum Gasteiger partial charge on any atom is -0.406 e. The zero-order valence-corrected chi connectivity index (χ0v) is 18.7. The normalized spacial score (nSPS) is 19.5. The molecule has 0 bridgehead atoms. The van der Waals surface area contributed by atoms with Gasteiger partial charge in [-0.1, -0.05) is 0 Å². The van der Waals surface area contributed by atoms with Gasteiger partial charge in [0.25, 0.3) is 0 Å². The van der Waals surface area contributed by atoms with Crippen molar-refractivity contribution in [2.75, 3.05) is 13.1 Å². The number of alkyl halides is 3. The molecule has 3 rings (SSSR count). The number of imidazole rings is 1. The molecule has 32 heavy (non-hydrogen) atoms. The maximum Gasteiger partial charge on any atom is 0.573 e. The van der Waals surface area contributed by atoms with E-state index in [1.54, 1.807) is 19.1 Å². The van der Waals surface area contributed by atoms with Crippen molar-refractivity contribution in [2.24, 2.45) is 0 Å². The third-order valence-electron chi connectivity index (χ3n) is 4.84. The molecule has 8 nitrogen and oxygen atoms in total. The van der Waals surface area contributed by atoms with Crippen LogP contribution in [0.25, 0.3) is 0 Å². The van der Waals surface area contributed by atoms with Gasteiger partial charge >= 0.3 is 17.5 Å². The molecule has 2 aromatic rings. The lowest BCUT2D eigenvalue weighted by atomic mass is 10.0. The molecule has 0 spiro atoms. The molecule has 0 aliphatic carbocycles. The minimum atomic E-state index is -4.74. The van der Waals surface area contributed by atoms with Crippen molar-refractivity contribution in [3.8, 4) is 5.75 Å². The second kappa shape index (κ2) is 9.86. The Morgan fingerprint density at radius 2 is 2.00 bits per heavy atom. The fourth-order valence-corrected chi connectivity index (χ4v) is 5.00. The van der Waals surface area contributed by atoms with Crippen molar-refractivity contribution < 1.29 is 27.9 Å². The summed E-state index contributed by atoms with van der Waals surface area (Å²) in [5.41, 5.74) is -1.25. The second-order valence-electron chi connectivity index (χ2n) is 7.81. The van der Waals surface area contributed by atoms with Crippen LogP contribution in [0.5, 0.6) is 5.75 Å². The molecule has 0 amide bonds. The molecule has 0 saturated carbocycles. The SMILES string of the molecule is CC(O)(CN1CCCCC1Sc1ccc(OC(F)(F)F)cc1)Cn1cc([N+](=O)[O-])nc1Cl. The van der Waals surface area contributed by atoms with E-state index in [1.807, 2.05) is 0 Å². The van der Waals surface area contributed by atoms with Crippen LogP contribution in [-0.4, -0.2) is 54.9 Å². The number of β-amino-alcohol motifs (C(OH)–C–C–N with tert-alkyl or cyclic N) is 1. The fraction of sp³-hybridized carbons (Fsp3) is 0.526. The Balaban J connectivity index is 1.65. The largest absolute Gasteiger partial charge is 0.573 e. The second-order valence-corrected chi connectivity index (χ2v) is 9.40. The van der Waals surface area contributed by atoms with Gasteiger partial charge in [-0.15, -0.1) is 24.9 Å². The Bertz CT molecular complexity index is 940. The van der Waals surface area contributed by atoms with E-state index in [1.165, 1.54) is 34.7 Å². The van der Waals surface area contributed by atoms with Gasteiger partial charge in [0.1, 0.15) is 11.9 Å². The van der Waals surface area contributed by atoms with Crippen LogP contribution in [0.1, 0.15) is 26.2 Å². The highest BCUT2D eigenvalue weighted by Crippen LogP contribution is 2.35. The average Bonchev–Trinajstić information content (AvgIpc) is 3.03. The average molecular weight is 495 g/mol. The van der Waals surface area contributed by atoms with Crippen LogP contribution in [-0.2, 0) is 6.54 Å². The molecule has 1 fully saturated rings. The summed E-state index contributed by atoms with van der Waals surface area (Å²) in [4.78, 5) is 16.8. The van der Waals surface area contributed by atoms with E-state index in [0.29, 0.717) is 0 Å². The molecule has 1 saturated heterocycles. The number of hydrogen-bond donors (Lipinski definition) is 1. The van der Waals surface area contributed by atoms with Gasteiger partial charge in [0.15, 0.2) is 0 Å². The van der Waals surface area contributed by atoms with Crippen LogP contribution in [0.15, 0.2) is 35.4 Å². The molecule has 1 aromatic carbocycles. The predicted molar refractivity (Wildman–Crippen MR) is 113 cm³/mol. The highest BCUT2D eigenvalue weighted by atomic mass is 35.5. The number of rotatable bonds is 8. The number of likely N-dealkylation sites (tertiary alicyclic amines) is 1. The highest BCUT2D eigenvalue weighted by molar-refractivity contribution is 7.99. The first kappa shape index (κ1) is 24.6. The number of aliphatic hydroxyl groups is 1. The van der Waals surface area contributed by atoms with E-state index >= 15 is 0 Å². The summed E-state index contributed by atoms with van der Waals surface area (Å²) in [6.45, 7) is 2.65. The maximum atomic E-state index is 12.3. The lowest BCUT2D eigenvalue weighted by Gasteiger charge is -2.39. The van der Waals surface area contributed by atoms with Crippen molar-refractivity contribution in [1.29, 1.82) is 0 Å². The minimum absolute atomic E-state index is 0.0113. The van der Waals surface area contributed by atoms with Crippen LogP contribution in [0.2, 0.25) is 5.28 Å². The van der Waals surface area contributed by atoms with Crippen LogP contribution >= 0.6 is 23.4 Å². The molecule has 2 atom stereocenters. The molecule has 13 heteroatoms. The number of nitro groups is 1. The lowest BCUT2D eigenvalue weighted by molar-refractivity contribution is -0.389. The van der Waals surface area contributed by atoms with E-state index in [4.69, 9.17) is 11.6 Å². The summed E-state index contributed by atoms with van der Waals surface area (Å²) in [6.07, 6.45) is -0.768. The van der Waals surface area contributed by atoms with E-state index < -0.39 is 22.7 Å². The molecule has 176 valence electrons. The van der Waals surface area contributed by atoms with Crippen LogP contribution in [0.3, 0.4) is 0 Å². The highest BCUT2D eigenvalue weighted by Gasteiger charge is 2.33. The summed E-state index contributed by atoms with van der Waals surface area (Å²) < 4.78 is 42.3. The van der Waals surface area contributed by atoms with E-state index in [0.717, 1.165) is 30.7 Å². The van der Waals surface area contributed by atoms with Gasteiger partial charge in [0.2, 0.25) is 0 Å². The Hall–Kier alpha value is -2.02. The van der Waals surface area contributed by atoms with Crippen molar-refractivity contribution in [3.05, 3.63) is 45.9 Å². The Morgan fingerprint density at radius 3 is 2.59 bits per heavy atom. The molecule has 2 heterocycles. The van der Waals surface area contributed by atoms with Crippen LogP contribution in [0, 0.1) is 10.1 Å². The number of ether oxygens (including phenoxy) is 1. The first-order valence-corrected chi connectivity index (χ1v) is 11.0. The van der Waals surface area contributed by atoms with Gasteiger partial charge in [-0.2, -0.15) is 0 Å². The number of thioether (sulfide) groups is 1. The molecule has 1 aromatic heterocycles. The van der Waals surface area contributed by atoms with E-state index in [2.05, 4.69) is 14.6 Å². The van der Waals surface area contributed by atoms with Gasteiger partial charge in [0, 0.05) is 11.4 Å². The quantitative estimate of drug-likeness (QED) is 0.420. The molecule has 1 aliphatic heterocycles. The summed E-state index contributed by atoms with van der Waals surface area (Å²) in [6, 6.07) is 5.68. The van der Waals surface area contributed by atoms with Crippen molar-refractivity contribution in [3.63, 3.8) is 0 Å². The topological polar surface area (TPSA) is 93.7 Å². The van der Waals surface area contributed by atoms with E-state index in [-0.39, 0.29) is 29.5 Å². The zero-order valence-electron chi connectivity index (χ0n) is 17.1. The third-order valence-corrected chi connectivity index (χ3v) is 6.49. The summed E-state index contributed by atoms with van der Waals surface area (Å²) >= 11 is 7.47. The van der Waals surface area contributed by atoms with Gasteiger partial charge in [-0.05, 0) is 78.5 Å². The number of halogens is 4. The van der Waals surface area contributed by atoms with E-state index in [9.17, 15) is 28.4 Å². The van der Waals surface area contributed by atoms with Crippen LogP contribution < -0.4 is 4.74 Å². The molecule has 2 unspecified atom stereocenters. The van der Waals surface area contributed by atoms with Gasteiger partial charge in [-0.25, -0.2) is 0 Å². The number of hydrogen-bond acceptors (Lipinski definition) is 7. The lowest BCUT2D eigenvalue weighted by Crippen LogP contribution is -2.48. The van der Waals surface area contributed by atoms with Gasteiger partial charge in [0.05, 0.1) is 17.5 Å². The van der Waals surface area contributed by atoms with Crippen molar-refractivity contribution in [1.82, 2.24) is 14.5 Å². The zero-order chi connectivity index (χ0) is 23.5. The molecular formula is C19H22ClF3N4O4S. The Morgan fingerprint density at radius 1 is 1.31 bits per heavy atom. The number of aromatic nitrogens is 2. The molecule has 1 aliphatic rings. The molecule has 0 radical (unpaired) electrons. The maximum absolute atomic E-state index is 12.3. The van der Waals surface area contributed by atoms with Gasteiger partial charge in [-0.3, -0.25) is 9.47 Å². The van der Waals surface area contributed by atoms with Crippen molar-refractivity contribution in [2.45, 2.75) is 55.0 Å². The standard InChI is InChI=1S/C19H22ClF3N4O4S/c1-18(28,12-26-10-15(27(29)30)24-17(26)20)11-25-9-3-2-4-16(25)32-14-7-5-13(6-8-14)31-19(21,22)23/h5-8,10,16,28H,2-4,9,11-12H2,1H3. The fourth-order valence-electron chi connectivity index (χ4n) is 3.59. The number of benzene rings is 1. The number of piperidine rings is 1. The first-order chi connectivity index (χ1) is 14.9. The Kier molecular flexibility index (Phi) is 7.58. The third kappa shape index (κ3) is 6.99. The summed E-state index contributed by atoms with van der Waals surface area (Å²) in [5.74, 6) is -0.674. The number of nitrogens with zero attached hydrogens (tertiary/aromatic N) is 4. The molecule has 1 N–H and O–H groups in total. The first-order valence-electron chi connectivity index (χ1n) is 9.78. The van der Waals surface area contributed by atoms with Gasteiger partial charge < -0.3 is 20.0 Å². The van der Waals surface area contributed by atoms with Crippen molar-refractivity contribution >= 4 is 29.2 Å². The molecular weight excluding hydrogens is 473 g/mol. The predicted octanol–water partition coefficient (Wildman–Crippen LogP) is 4.70.